The van der Waals surface area contributed by atoms with E-state index < -0.39 is 0 Å². The molecule has 2 rings (SSSR count). The maximum absolute atomic E-state index is 9.35. The lowest BCUT2D eigenvalue weighted by Crippen LogP contribution is -2.37. The fourth-order valence-electron chi connectivity index (χ4n) is 2.97. The molecular weight excluding hydrogens is 176 g/mol. The van der Waals surface area contributed by atoms with Gasteiger partial charge >= 0.3 is 0 Å². The first kappa shape index (κ1) is 10.4. The van der Waals surface area contributed by atoms with E-state index in [1.807, 2.05) is 6.92 Å². The van der Waals surface area contributed by atoms with Crippen molar-refractivity contribution in [2.24, 2.45) is 11.8 Å². The topological polar surface area (TPSA) is 26.7 Å². The largest absolute Gasteiger partial charge is 0.392 e. The van der Waals surface area contributed by atoms with Gasteiger partial charge in [-0.3, -0.25) is 0 Å². The summed E-state index contributed by atoms with van der Waals surface area (Å²) >= 11 is 0. The molecule has 0 bridgehead atoms. The molecule has 14 heavy (non-hydrogen) atoms. The molecule has 0 spiro atoms. The standard InChI is InChI=1S/C11H22N2O/c1-9(14)5-13-7-10-3-4-12(2)6-11(10)8-13/h9-11,14H,3-8H2,1-2H3/t9-,10?,11?/m1/s1. The number of hydrogen-bond acceptors (Lipinski definition) is 3. The van der Waals surface area contributed by atoms with Crippen LogP contribution in [0.15, 0.2) is 0 Å². The number of nitrogens with zero attached hydrogens (tertiary/aromatic N) is 2. The molecule has 3 atom stereocenters. The first-order chi connectivity index (χ1) is 6.65. The van der Waals surface area contributed by atoms with Crippen LogP contribution in [0.1, 0.15) is 13.3 Å². The van der Waals surface area contributed by atoms with E-state index in [9.17, 15) is 5.11 Å². The smallest absolute Gasteiger partial charge is 0.0639 e. The fraction of sp³-hybridized carbons (Fsp3) is 1.00. The van der Waals surface area contributed by atoms with Crippen molar-refractivity contribution in [1.29, 1.82) is 0 Å². The Bertz CT molecular complexity index is 196. The van der Waals surface area contributed by atoms with Crippen LogP contribution in [-0.2, 0) is 0 Å². The number of aliphatic hydroxyl groups is 1. The quantitative estimate of drug-likeness (QED) is 0.689. The Morgan fingerprint density at radius 1 is 1.29 bits per heavy atom. The molecule has 0 aliphatic carbocycles. The second kappa shape index (κ2) is 4.17. The zero-order valence-corrected chi connectivity index (χ0v) is 9.32. The van der Waals surface area contributed by atoms with Crippen molar-refractivity contribution in [2.75, 3.05) is 39.8 Å². The van der Waals surface area contributed by atoms with E-state index in [1.165, 1.54) is 32.6 Å². The molecule has 0 radical (unpaired) electrons. The second-order valence-electron chi connectivity index (χ2n) is 5.14. The molecule has 0 amide bonds. The number of β-amino-alcohol motifs (C(OH)–C–C–N with tert-alkyl or cyclic N) is 1. The Labute approximate surface area is 86.7 Å². The minimum atomic E-state index is -0.173. The Kier molecular flexibility index (Phi) is 3.10. The SMILES string of the molecule is C[C@@H](O)CN1CC2CCN(C)CC2C1. The van der Waals surface area contributed by atoms with Gasteiger partial charge in [-0.15, -0.1) is 0 Å². The molecule has 3 nitrogen and oxygen atoms in total. The second-order valence-corrected chi connectivity index (χ2v) is 5.14. The van der Waals surface area contributed by atoms with Gasteiger partial charge in [0.25, 0.3) is 0 Å². The first-order valence-electron chi connectivity index (χ1n) is 5.74. The molecule has 2 fully saturated rings. The zero-order valence-electron chi connectivity index (χ0n) is 9.32. The maximum atomic E-state index is 9.35. The van der Waals surface area contributed by atoms with Crippen molar-refractivity contribution in [2.45, 2.75) is 19.4 Å². The number of rotatable bonds is 2. The molecule has 0 aromatic heterocycles. The monoisotopic (exact) mass is 198 g/mol. The summed E-state index contributed by atoms with van der Waals surface area (Å²) < 4.78 is 0. The summed E-state index contributed by atoms with van der Waals surface area (Å²) in [6, 6.07) is 0. The third-order valence-electron chi connectivity index (χ3n) is 3.60. The average molecular weight is 198 g/mol. The van der Waals surface area contributed by atoms with Gasteiger partial charge in [0, 0.05) is 26.2 Å². The van der Waals surface area contributed by atoms with Crippen LogP contribution in [0.4, 0.5) is 0 Å². The van der Waals surface area contributed by atoms with E-state index in [0.717, 1.165) is 18.4 Å². The van der Waals surface area contributed by atoms with E-state index in [2.05, 4.69) is 16.8 Å². The Hall–Kier alpha value is -0.120. The predicted molar refractivity (Wildman–Crippen MR) is 57.2 cm³/mol. The van der Waals surface area contributed by atoms with Crippen molar-refractivity contribution in [3.8, 4) is 0 Å². The van der Waals surface area contributed by atoms with Crippen LogP contribution in [0, 0.1) is 11.8 Å². The normalized spacial score (nSPS) is 37.1. The van der Waals surface area contributed by atoms with Crippen molar-refractivity contribution in [3.63, 3.8) is 0 Å². The zero-order chi connectivity index (χ0) is 10.1. The van der Waals surface area contributed by atoms with Gasteiger partial charge in [-0.25, -0.2) is 0 Å². The van der Waals surface area contributed by atoms with Crippen LogP contribution in [0.25, 0.3) is 0 Å². The average Bonchev–Trinajstić information content (AvgIpc) is 2.44. The number of fused-ring (bicyclic) bond motifs is 1. The summed E-state index contributed by atoms with van der Waals surface area (Å²) in [4.78, 5) is 4.87. The summed E-state index contributed by atoms with van der Waals surface area (Å²) in [5.74, 6) is 1.75. The summed E-state index contributed by atoms with van der Waals surface area (Å²) in [6.45, 7) is 7.65. The molecule has 2 heterocycles. The first-order valence-corrected chi connectivity index (χ1v) is 5.74. The van der Waals surface area contributed by atoms with Gasteiger partial charge in [0.05, 0.1) is 6.10 Å². The number of likely N-dealkylation sites (tertiary alicyclic amines) is 2. The van der Waals surface area contributed by atoms with Gasteiger partial charge in [0.2, 0.25) is 0 Å². The lowest BCUT2D eigenvalue weighted by molar-refractivity contribution is 0.137. The summed E-state index contributed by atoms with van der Waals surface area (Å²) in [5, 5.41) is 9.35. The molecule has 1 N–H and O–H groups in total. The molecule has 3 heteroatoms. The Morgan fingerprint density at radius 3 is 2.71 bits per heavy atom. The molecule has 2 aliphatic rings. The van der Waals surface area contributed by atoms with Gasteiger partial charge in [-0.05, 0) is 38.8 Å². The lowest BCUT2D eigenvalue weighted by Gasteiger charge is -2.31. The molecular formula is C11H22N2O. The minimum Gasteiger partial charge on any atom is -0.392 e. The number of aliphatic hydroxyl groups excluding tert-OH is 1. The Morgan fingerprint density at radius 2 is 2.00 bits per heavy atom. The highest BCUT2D eigenvalue weighted by atomic mass is 16.3. The minimum absolute atomic E-state index is 0.173. The van der Waals surface area contributed by atoms with Crippen molar-refractivity contribution < 1.29 is 5.11 Å². The molecule has 2 unspecified atom stereocenters. The molecule has 0 saturated carbocycles. The van der Waals surface area contributed by atoms with Crippen molar-refractivity contribution >= 4 is 0 Å². The highest BCUT2D eigenvalue weighted by Crippen LogP contribution is 2.30. The van der Waals surface area contributed by atoms with Gasteiger partial charge in [-0.2, -0.15) is 0 Å². The van der Waals surface area contributed by atoms with Gasteiger partial charge in [0.15, 0.2) is 0 Å². The van der Waals surface area contributed by atoms with E-state index in [1.54, 1.807) is 0 Å². The van der Waals surface area contributed by atoms with Crippen LogP contribution < -0.4 is 0 Å². The molecule has 2 saturated heterocycles. The van der Waals surface area contributed by atoms with E-state index in [0.29, 0.717) is 0 Å². The molecule has 0 aromatic carbocycles. The highest BCUT2D eigenvalue weighted by molar-refractivity contribution is 4.89. The van der Waals surface area contributed by atoms with Crippen LogP contribution in [0.5, 0.6) is 0 Å². The van der Waals surface area contributed by atoms with E-state index in [4.69, 9.17) is 0 Å². The molecule has 0 aromatic rings. The van der Waals surface area contributed by atoms with Gasteiger partial charge in [0.1, 0.15) is 0 Å². The maximum Gasteiger partial charge on any atom is 0.0639 e. The van der Waals surface area contributed by atoms with Crippen LogP contribution >= 0.6 is 0 Å². The molecule has 82 valence electrons. The van der Waals surface area contributed by atoms with Crippen LogP contribution in [0.3, 0.4) is 0 Å². The highest BCUT2D eigenvalue weighted by Gasteiger charge is 2.35. The summed E-state index contributed by atoms with van der Waals surface area (Å²) in [6.07, 6.45) is 1.17. The van der Waals surface area contributed by atoms with Crippen LogP contribution in [-0.4, -0.2) is 60.8 Å². The third-order valence-corrected chi connectivity index (χ3v) is 3.60. The van der Waals surface area contributed by atoms with E-state index in [-0.39, 0.29) is 6.10 Å². The van der Waals surface area contributed by atoms with E-state index >= 15 is 0 Å². The number of hydrogen-bond donors (Lipinski definition) is 1. The lowest BCUT2D eigenvalue weighted by atomic mass is 9.89. The fourth-order valence-corrected chi connectivity index (χ4v) is 2.97. The molecule has 2 aliphatic heterocycles. The van der Waals surface area contributed by atoms with Gasteiger partial charge < -0.3 is 14.9 Å². The van der Waals surface area contributed by atoms with Crippen LogP contribution in [0.2, 0.25) is 0 Å². The summed E-state index contributed by atoms with van der Waals surface area (Å²) in [5.41, 5.74) is 0. The third kappa shape index (κ3) is 2.27. The van der Waals surface area contributed by atoms with Crippen molar-refractivity contribution in [3.05, 3.63) is 0 Å². The van der Waals surface area contributed by atoms with Gasteiger partial charge in [-0.1, -0.05) is 0 Å². The Balaban J connectivity index is 1.86. The van der Waals surface area contributed by atoms with Crippen molar-refractivity contribution in [1.82, 2.24) is 9.80 Å². The number of piperidine rings is 1. The predicted octanol–water partition coefficient (Wildman–Crippen LogP) is 0.251. The summed E-state index contributed by atoms with van der Waals surface area (Å²) in [7, 11) is 2.22.